The molecule has 0 fully saturated rings. The van der Waals surface area contributed by atoms with Gasteiger partial charge >= 0.3 is 0 Å². The van der Waals surface area contributed by atoms with E-state index in [1.165, 1.54) is 0 Å². The maximum absolute atomic E-state index is 5.64. The van der Waals surface area contributed by atoms with E-state index >= 15 is 0 Å². The molecule has 130 valence electrons. The van der Waals surface area contributed by atoms with Crippen LogP contribution in [0, 0.1) is 0 Å². The average molecular weight is 364 g/mol. The molecule has 4 rings (SSSR count). The number of nitrogens with zero attached hydrogens (tertiary/aromatic N) is 2. The lowest BCUT2D eigenvalue weighted by Crippen LogP contribution is -2.05. The SMILES string of the molecule is Cl.c1ccc(CO/N=C(\c2ccccc2)c2cc3ccncc3[nH]2)cc1. The molecule has 0 atom stereocenters. The van der Waals surface area contributed by atoms with E-state index in [1.807, 2.05) is 72.9 Å². The van der Waals surface area contributed by atoms with Crippen molar-refractivity contribution in [1.29, 1.82) is 0 Å². The number of fused-ring (bicyclic) bond motifs is 1. The summed E-state index contributed by atoms with van der Waals surface area (Å²) in [4.78, 5) is 13.2. The molecule has 2 aromatic carbocycles. The van der Waals surface area contributed by atoms with Crippen LogP contribution in [0.4, 0.5) is 0 Å². The van der Waals surface area contributed by atoms with E-state index in [0.29, 0.717) is 6.61 Å². The first-order valence-corrected chi connectivity index (χ1v) is 8.12. The Hall–Kier alpha value is -3.11. The fourth-order valence-corrected chi connectivity index (χ4v) is 2.70. The quantitative estimate of drug-likeness (QED) is 0.402. The monoisotopic (exact) mass is 363 g/mol. The van der Waals surface area contributed by atoms with Gasteiger partial charge in [-0.2, -0.15) is 0 Å². The number of pyridine rings is 1. The molecule has 0 amide bonds. The van der Waals surface area contributed by atoms with Gasteiger partial charge in [0, 0.05) is 17.1 Å². The Balaban J connectivity index is 0.00000196. The molecule has 0 unspecified atom stereocenters. The Morgan fingerprint density at radius 1 is 0.962 bits per heavy atom. The number of hydrogen-bond acceptors (Lipinski definition) is 3. The molecular weight excluding hydrogens is 346 g/mol. The van der Waals surface area contributed by atoms with Gasteiger partial charge in [0.2, 0.25) is 0 Å². The van der Waals surface area contributed by atoms with Crippen molar-refractivity contribution >= 4 is 29.0 Å². The Kier molecular flexibility index (Phi) is 5.66. The van der Waals surface area contributed by atoms with Crippen LogP contribution in [0.5, 0.6) is 0 Å². The number of aromatic nitrogens is 2. The lowest BCUT2D eigenvalue weighted by molar-refractivity contribution is 0.131. The van der Waals surface area contributed by atoms with Gasteiger partial charge in [0.1, 0.15) is 12.3 Å². The highest BCUT2D eigenvalue weighted by Crippen LogP contribution is 2.18. The molecule has 4 aromatic rings. The topological polar surface area (TPSA) is 50.3 Å². The van der Waals surface area contributed by atoms with Crippen molar-refractivity contribution in [3.05, 3.63) is 102 Å². The van der Waals surface area contributed by atoms with Gasteiger partial charge in [-0.15, -0.1) is 12.4 Å². The molecule has 0 saturated heterocycles. The number of benzene rings is 2. The summed E-state index contributed by atoms with van der Waals surface area (Å²) in [6, 6.07) is 24.1. The largest absolute Gasteiger partial charge is 0.390 e. The predicted octanol–water partition coefficient (Wildman–Crippen LogP) is 4.95. The van der Waals surface area contributed by atoms with Crippen LogP contribution in [-0.4, -0.2) is 15.7 Å². The summed E-state index contributed by atoms with van der Waals surface area (Å²) in [5.74, 6) is 0. The standard InChI is InChI=1S/C21H17N3O.ClH/c1-3-7-16(8-4-1)15-25-24-21(17-9-5-2-6-10-17)19-13-18-11-12-22-14-20(18)23-19;/h1-14,23H,15H2;1H/b24-21+;. The smallest absolute Gasteiger partial charge is 0.142 e. The van der Waals surface area contributed by atoms with Crippen molar-refractivity contribution in [2.24, 2.45) is 5.16 Å². The first kappa shape index (κ1) is 17.7. The third-order valence-corrected chi connectivity index (χ3v) is 3.96. The molecule has 0 aliphatic carbocycles. The van der Waals surface area contributed by atoms with Crippen LogP contribution in [0.1, 0.15) is 16.8 Å². The fourth-order valence-electron chi connectivity index (χ4n) is 2.70. The number of H-pyrrole nitrogens is 1. The molecule has 0 radical (unpaired) electrons. The van der Waals surface area contributed by atoms with Crippen molar-refractivity contribution in [2.75, 3.05) is 0 Å². The Morgan fingerprint density at radius 3 is 2.42 bits per heavy atom. The minimum Gasteiger partial charge on any atom is -0.390 e. The second kappa shape index (κ2) is 8.32. The minimum absolute atomic E-state index is 0. The number of hydrogen-bond donors (Lipinski definition) is 1. The Morgan fingerprint density at radius 2 is 1.69 bits per heavy atom. The van der Waals surface area contributed by atoms with E-state index in [2.05, 4.69) is 21.2 Å². The molecule has 0 spiro atoms. The average Bonchev–Trinajstić information content (AvgIpc) is 3.10. The summed E-state index contributed by atoms with van der Waals surface area (Å²) in [6.45, 7) is 0.430. The van der Waals surface area contributed by atoms with Gasteiger partial charge < -0.3 is 9.82 Å². The van der Waals surface area contributed by atoms with Crippen LogP contribution >= 0.6 is 12.4 Å². The predicted molar refractivity (Wildman–Crippen MR) is 107 cm³/mol. The second-order valence-electron chi connectivity index (χ2n) is 5.71. The number of halogens is 1. The van der Waals surface area contributed by atoms with E-state index < -0.39 is 0 Å². The van der Waals surface area contributed by atoms with E-state index in [9.17, 15) is 0 Å². The van der Waals surface area contributed by atoms with Crippen LogP contribution in [-0.2, 0) is 11.4 Å². The molecule has 26 heavy (non-hydrogen) atoms. The van der Waals surface area contributed by atoms with Crippen molar-refractivity contribution in [1.82, 2.24) is 9.97 Å². The number of rotatable bonds is 5. The zero-order chi connectivity index (χ0) is 16.9. The minimum atomic E-state index is 0. The number of oxime groups is 1. The van der Waals surface area contributed by atoms with Crippen LogP contribution in [0.2, 0.25) is 0 Å². The number of nitrogens with one attached hydrogen (secondary N) is 1. The summed E-state index contributed by atoms with van der Waals surface area (Å²) in [7, 11) is 0. The summed E-state index contributed by atoms with van der Waals surface area (Å²) < 4.78 is 0. The van der Waals surface area contributed by atoms with E-state index in [-0.39, 0.29) is 12.4 Å². The third-order valence-electron chi connectivity index (χ3n) is 3.96. The van der Waals surface area contributed by atoms with Crippen LogP contribution in [0.25, 0.3) is 10.9 Å². The van der Waals surface area contributed by atoms with Crippen LogP contribution in [0.3, 0.4) is 0 Å². The van der Waals surface area contributed by atoms with Crippen LogP contribution < -0.4 is 0 Å². The molecule has 5 heteroatoms. The van der Waals surface area contributed by atoms with Gasteiger partial charge in [-0.05, 0) is 17.7 Å². The second-order valence-corrected chi connectivity index (χ2v) is 5.71. The third kappa shape index (κ3) is 3.92. The van der Waals surface area contributed by atoms with E-state index in [4.69, 9.17) is 4.84 Å². The first-order chi connectivity index (χ1) is 12.4. The van der Waals surface area contributed by atoms with Crippen molar-refractivity contribution in [3.63, 3.8) is 0 Å². The summed E-state index contributed by atoms with van der Waals surface area (Å²) >= 11 is 0. The summed E-state index contributed by atoms with van der Waals surface area (Å²) in [5, 5.41) is 5.51. The number of aromatic amines is 1. The molecule has 2 heterocycles. The van der Waals surface area contributed by atoms with Crippen molar-refractivity contribution < 1.29 is 4.84 Å². The fraction of sp³-hybridized carbons (Fsp3) is 0.0476. The normalized spacial score (nSPS) is 11.2. The lowest BCUT2D eigenvalue weighted by atomic mass is 10.1. The highest BCUT2D eigenvalue weighted by Gasteiger charge is 2.11. The zero-order valence-electron chi connectivity index (χ0n) is 14.0. The van der Waals surface area contributed by atoms with E-state index in [1.54, 1.807) is 6.20 Å². The van der Waals surface area contributed by atoms with Crippen molar-refractivity contribution in [3.8, 4) is 0 Å². The molecule has 0 saturated carbocycles. The maximum Gasteiger partial charge on any atom is 0.142 e. The lowest BCUT2D eigenvalue weighted by Gasteiger charge is -2.06. The highest BCUT2D eigenvalue weighted by molar-refractivity contribution is 6.13. The molecule has 2 aromatic heterocycles. The molecule has 0 bridgehead atoms. The van der Waals surface area contributed by atoms with Gasteiger partial charge in [0.25, 0.3) is 0 Å². The van der Waals surface area contributed by atoms with Crippen LogP contribution in [0.15, 0.2) is 90.3 Å². The summed E-state index contributed by atoms with van der Waals surface area (Å²) in [5.41, 5.74) is 4.73. The summed E-state index contributed by atoms with van der Waals surface area (Å²) in [6.07, 6.45) is 3.59. The van der Waals surface area contributed by atoms with E-state index in [0.717, 1.165) is 33.4 Å². The maximum atomic E-state index is 5.64. The van der Waals surface area contributed by atoms with Gasteiger partial charge in [-0.25, -0.2) is 0 Å². The van der Waals surface area contributed by atoms with Crippen molar-refractivity contribution in [2.45, 2.75) is 6.61 Å². The highest BCUT2D eigenvalue weighted by atomic mass is 35.5. The molecular formula is C21H18ClN3O. The Bertz CT molecular complexity index is 964. The molecule has 0 aliphatic rings. The molecule has 0 aliphatic heterocycles. The molecule has 4 nitrogen and oxygen atoms in total. The van der Waals surface area contributed by atoms with Gasteiger partial charge in [-0.1, -0.05) is 65.8 Å². The zero-order valence-corrected chi connectivity index (χ0v) is 14.8. The van der Waals surface area contributed by atoms with Gasteiger partial charge in [-0.3, -0.25) is 4.98 Å². The molecule has 1 N–H and O–H groups in total. The van der Waals surface area contributed by atoms with Gasteiger partial charge in [0.15, 0.2) is 0 Å². The Labute approximate surface area is 158 Å². The first-order valence-electron chi connectivity index (χ1n) is 8.12. The van der Waals surface area contributed by atoms with Gasteiger partial charge in [0.05, 0.1) is 17.4 Å².